The number of hydrogen-bond donors (Lipinski definition) is 0. The Hall–Kier alpha value is -1.84. The van der Waals surface area contributed by atoms with Gasteiger partial charge >= 0.3 is 11.9 Å². The number of esters is 2. The fourth-order valence-electron chi connectivity index (χ4n) is 0.898. The summed E-state index contributed by atoms with van der Waals surface area (Å²) in [5.74, 6) is -0.643. The van der Waals surface area contributed by atoms with Crippen molar-refractivity contribution < 1.29 is 19.1 Å². The predicted octanol–water partition coefficient (Wildman–Crippen LogP) is 3.59. The summed E-state index contributed by atoms with van der Waals surface area (Å²) in [6.07, 6.45) is 4.73. The molecule has 114 valence electrons. The lowest BCUT2D eigenvalue weighted by molar-refractivity contribution is -0.139. The first-order valence-corrected chi connectivity index (χ1v) is 6.62. The first-order chi connectivity index (χ1) is 9.36. The lowest BCUT2D eigenvalue weighted by Gasteiger charge is -2.02. The van der Waals surface area contributed by atoms with Crippen molar-refractivity contribution >= 4 is 11.9 Å². The van der Waals surface area contributed by atoms with Crippen LogP contribution in [0.4, 0.5) is 0 Å². The van der Waals surface area contributed by atoms with E-state index in [1.165, 1.54) is 6.08 Å². The van der Waals surface area contributed by atoms with E-state index in [4.69, 9.17) is 4.74 Å². The quantitative estimate of drug-likeness (QED) is 0.295. The molecule has 0 saturated heterocycles. The Morgan fingerprint density at radius 2 is 1.50 bits per heavy atom. The summed E-state index contributed by atoms with van der Waals surface area (Å²) >= 11 is 0. The van der Waals surface area contributed by atoms with E-state index in [2.05, 4.69) is 31.4 Å². The molecule has 0 bridgehead atoms. The highest BCUT2D eigenvalue weighted by Crippen LogP contribution is 1.97. The van der Waals surface area contributed by atoms with Crippen LogP contribution in [0.3, 0.4) is 0 Å². The molecule has 0 aliphatic heterocycles. The van der Waals surface area contributed by atoms with E-state index >= 15 is 0 Å². The van der Waals surface area contributed by atoms with Gasteiger partial charge in [-0.2, -0.15) is 0 Å². The van der Waals surface area contributed by atoms with Crippen molar-refractivity contribution in [1.29, 1.82) is 0 Å². The molecule has 0 aromatic rings. The summed E-state index contributed by atoms with van der Waals surface area (Å²) in [6, 6.07) is 0. The SMILES string of the molecule is C=C(C)C(=O)OCCCCC.C=CCOC(=O)C(=C)C. The van der Waals surface area contributed by atoms with E-state index in [0.29, 0.717) is 17.8 Å². The second-order valence-corrected chi connectivity index (χ2v) is 4.29. The number of carbonyl (C=O) groups is 2. The Morgan fingerprint density at radius 3 is 1.90 bits per heavy atom. The summed E-state index contributed by atoms with van der Waals surface area (Å²) < 4.78 is 9.46. The molecule has 4 nitrogen and oxygen atoms in total. The molecule has 0 spiro atoms. The summed E-state index contributed by atoms with van der Waals surface area (Å²) in [5.41, 5.74) is 0.887. The zero-order valence-corrected chi connectivity index (χ0v) is 12.9. The molecule has 0 aliphatic rings. The van der Waals surface area contributed by atoms with Gasteiger partial charge in [-0.1, -0.05) is 45.6 Å². The van der Waals surface area contributed by atoms with E-state index in [0.717, 1.165) is 19.3 Å². The van der Waals surface area contributed by atoms with Gasteiger partial charge in [-0.3, -0.25) is 0 Å². The number of carbonyl (C=O) groups excluding carboxylic acids is 2. The first kappa shape index (κ1) is 20.5. The van der Waals surface area contributed by atoms with Crippen LogP contribution >= 0.6 is 0 Å². The van der Waals surface area contributed by atoms with Gasteiger partial charge in [-0.25, -0.2) is 9.59 Å². The second kappa shape index (κ2) is 13.6. The lowest BCUT2D eigenvalue weighted by atomic mass is 10.3. The van der Waals surface area contributed by atoms with Crippen LogP contribution in [0.5, 0.6) is 0 Å². The van der Waals surface area contributed by atoms with Crippen molar-refractivity contribution in [3.8, 4) is 0 Å². The van der Waals surface area contributed by atoms with Gasteiger partial charge in [0.25, 0.3) is 0 Å². The highest BCUT2D eigenvalue weighted by Gasteiger charge is 2.00. The molecule has 0 atom stereocenters. The van der Waals surface area contributed by atoms with Gasteiger partial charge in [-0.05, 0) is 20.3 Å². The van der Waals surface area contributed by atoms with Gasteiger partial charge in [-0.15, -0.1) is 0 Å². The van der Waals surface area contributed by atoms with Crippen LogP contribution in [0.1, 0.15) is 40.0 Å². The van der Waals surface area contributed by atoms with E-state index in [-0.39, 0.29) is 18.5 Å². The molecule has 0 amide bonds. The molecule has 0 saturated carbocycles. The Kier molecular flexibility index (Phi) is 13.9. The fourth-order valence-corrected chi connectivity index (χ4v) is 0.898. The third-order valence-corrected chi connectivity index (χ3v) is 2.01. The number of rotatable bonds is 8. The van der Waals surface area contributed by atoms with Crippen molar-refractivity contribution in [2.75, 3.05) is 13.2 Å². The van der Waals surface area contributed by atoms with Gasteiger partial charge in [0.15, 0.2) is 0 Å². The van der Waals surface area contributed by atoms with Crippen molar-refractivity contribution in [2.24, 2.45) is 0 Å². The maximum absolute atomic E-state index is 10.8. The molecule has 0 fully saturated rings. The summed E-state index contributed by atoms with van der Waals surface area (Å²) in [7, 11) is 0. The fraction of sp³-hybridized carbons (Fsp3) is 0.500. The first-order valence-electron chi connectivity index (χ1n) is 6.62. The molecule has 20 heavy (non-hydrogen) atoms. The molecule has 0 radical (unpaired) electrons. The molecular weight excluding hydrogens is 256 g/mol. The minimum Gasteiger partial charge on any atom is -0.462 e. The molecular formula is C16H26O4. The van der Waals surface area contributed by atoms with E-state index < -0.39 is 0 Å². The van der Waals surface area contributed by atoms with Gasteiger partial charge in [0.2, 0.25) is 0 Å². The summed E-state index contributed by atoms with van der Waals surface area (Å²) in [5, 5.41) is 0. The molecule has 0 unspecified atom stereocenters. The predicted molar refractivity (Wildman–Crippen MR) is 81.3 cm³/mol. The number of unbranched alkanes of at least 4 members (excludes halogenated alkanes) is 2. The maximum atomic E-state index is 10.8. The van der Waals surface area contributed by atoms with Gasteiger partial charge in [0, 0.05) is 11.1 Å². The normalized spacial score (nSPS) is 8.75. The molecule has 0 rings (SSSR count). The largest absolute Gasteiger partial charge is 0.462 e. The molecule has 0 N–H and O–H groups in total. The average molecular weight is 282 g/mol. The van der Waals surface area contributed by atoms with Crippen molar-refractivity contribution in [1.82, 2.24) is 0 Å². The second-order valence-electron chi connectivity index (χ2n) is 4.29. The lowest BCUT2D eigenvalue weighted by Crippen LogP contribution is -2.05. The number of ether oxygens (including phenoxy) is 2. The Labute approximate surface area is 122 Å². The summed E-state index contributed by atoms with van der Waals surface area (Å²) in [6.45, 7) is 16.4. The van der Waals surface area contributed by atoms with Crippen LogP contribution in [0.15, 0.2) is 37.0 Å². The Bertz CT molecular complexity index is 342. The van der Waals surface area contributed by atoms with Crippen LogP contribution in [0.25, 0.3) is 0 Å². The molecule has 0 aromatic carbocycles. The van der Waals surface area contributed by atoms with E-state index in [1.807, 2.05) is 0 Å². The van der Waals surface area contributed by atoms with E-state index in [9.17, 15) is 9.59 Å². The Morgan fingerprint density at radius 1 is 1.00 bits per heavy atom. The van der Waals surface area contributed by atoms with Crippen molar-refractivity contribution in [3.63, 3.8) is 0 Å². The van der Waals surface area contributed by atoms with Gasteiger partial charge in [0.05, 0.1) is 6.61 Å². The third-order valence-electron chi connectivity index (χ3n) is 2.01. The maximum Gasteiger partial charge on any atom is 0.333 e. The number of hydrogen-bond acceptors (Lipinski definition) is 4. The molecule has 0 aromatic heterocycles. The minimum absolute atomic E-state index is 0.256. The molecule has 4 heteroatoms. The van der Waals surface area contributed by atoms with Gasteiger partial charge in [0.1, 0.15) is 6.61 Å². The van der Waals surface area contributed by atoms with Crippen LogP contribution in [-0.2, 0) is 19.1 Å². The highest BCUT2D eigenvalue weighted by molar-refractivity contribution is 5.87. The Balaban J connectivity index is 0. The zero-order chi connectivity index (χ0) is 16.0. The van der Waals surface area contributed by atoms with Crippen LogP contribution in [0, 0.1) is 0 Å². The monoisotopic (exact) mass is 282 g/mol. The topological polar surface area (TPSA) is 52.6 Å². The van der Waals surface area contributed by atoms with Crippen molar-refractivity contribution in [2.45, 2.75) is 40.0 Å². The minimum atomic E-state index is -0.366. The smallest absolute Gasteiger partial charge is 0.333 e. The van der Waals surface area contributed by atoms with Crippen molar-refractivity contribution in [3.05, 3.63) is 37.0 Å². The van der Waals surface area contributed by atoms with Crippen LogP contribution in [0.2, 0.25) is 0 Å². The highest BCUT2D eigenvalue weighted by atomic mass is 16.5. The molecule has 0 heterocycles. The third kappa shape index (κ3) is 14.2. The zero-order valence-electron chi connectivity index (χ0n) is 12.9. The molecule has 0 aliphatic carbocycles. The standard InChI is InChI=1S/C9H16O2.C7H10O2/c1-4-5-6-7-11-9(10)8(2)3;1-4-5-9-7(8)6(2)3/h2,4-7H2,1,3H3;4H,1-2,5H2,3H3. The van der Waals surface area contributed by atoms with E-state index in [1.54, 1.807) is 13.8 Å². The van der Waals surface area contributed by atoms with Gasteiger partial charge < -0.3 is 9.47 Å². The summed E-state index contributed by atoms with van der Waals surface area (Å²) in [4.78, 5) is 21.3. The average Bonchev–Trinajstić information content (AvgIpc) is 2.41. The van der Waals surface area contributed by atoms with Crippen LogP contribution < -0.4 is 0 Å². The van der Waals surface area contributed by atoms with Crippen LogP contribution in [-0.4, -0.2) is 25.2 Å².